The maximum Gasteiger partial charge on any atom is 0.410 e. The van der Waals surface area contributed by atoms with Crippen LogP contribution in [0.3, 0.4) is 0 Å². The molecular weight excluding hydrogens is 691 g/mol. The molecule has 0 spiro atoms. The number of carbonyl (C=O) groups is 1. The topological polar surface area (TPSA) is 119 Å². The zero-order valence-corrected chi connectivity index (χ0v) is 31.4. The van der Waals surface area contributed by atoms with E-state index in [4.69, 9.17) is 23.8 Å². The van der Waals surface area contributed by atoms with E-state index in [1.165, 1.54) is 19.2 Å². The molecule has 3 aliphatic rings. The zero-order chi connectivity index (χ0) is 38.5. The van der Waals surface area contributed by atoms with Crippen molar-refractivity contribution in [3.63, 3.8) is 0 Å². The summed E-state index contributed by atoms with van der Waals surface area (Å²) < 4.78 is 40.2. The molecular formula is C43H55FN2O8. The van der Waals surface area contributed by atoms with Crippen LogP contribution in [0.25, 0.3) is 0 Å². The first-order chi connectivity index (χ1) is 26.3. The average molecular weight is 747 g/mol. The average Bonchev–Trinajstić information content (AvgIpc) is 3.18. The number of ether oxygens (including phenoxy) is 4. The molecule has 54 heavy (non-hydrogen) atoms. The molecule has 6 unspecified atom stereocenters. The quantitative estimate of drug-likeness (QED) is 0.0753. The van der Waals surface area contributed by atoms with Crippen LogP contribution in [0.1, 0.15) is 68.4 Å². The molecule has 2 aromatic carbocycles. The summed E-state index contributed by atoms with van der Waals surface area (Å²) >= 11 is 0. The Morgan fingerprint density at radius 1 is 1.02 bits per heavy atom. The predicted octanol–water partition coefficient (Wildman–Crippen LogP) is 7.87. The second-order valence-corrected chi connectivity index (χ2v) is 14.0. The van der Waals surface area contributed by atoms with Gasteiger partial charge in [0.2, 0.25) is 5.79 Å². The van der Waals surface area contributed by atoms with Crippen LogP contribution in [0.4, 0.5) is 9.18 Å². The minimum Gasteiger partial charge on any atom is -0.490 e. The van der Waals surface area contributed by atoms with Crippen LogP contribution in [0, 0.1) is 23.6 Å². The van der Waals surface area contributed by atoms with Crippen LogP contribution < -0.4 is 9.47 Å². The Morgan fingerprint density at radius 2 is 1.76 bits per heavy atom. The smallest absolute Gasteiger partial charge is 0.410 e. The molecule has 0 saturated heterocycles. The van der Waals surface area contributed by atoms with Crippen molar-refractivity contribution in [3.05, 3.63) is 109 Å². The van der Waals surface area contributed by atoms with Gasteiger partial charge in [0.05, 0.1) is 24.8 Å². The molecule has 11 heteroatoms. The summed E-state index contributed by atoms with van der Waals surface area (Å²) in [6.45, 7) is 12.4. The van der Waals surface area contributed by atoms with Crippen molar-refractivity contribution in [2.45, 2.75) is 75.7 Å². The Labute approximate surface area is 318 Å². The number of benzene rings is 2. The molecule has 1 fully saturated rings. The maximum atomic E-state index is 14.3. The Kier molecular flexibility index (Phi) is 14.9. The van der Waals surface area contributed by atoms with E-state index in [9.17, 15) is 19.4 Å². The van der Waals surface area contributed by atoms with Gasteiger partial charge >= 0.3 is 6.09 Å². The minimum atomic E-state index is -1.46. The van der Waals surface area contributed by atoms with Crippen LogP contribution in [0.2, 0.25) is 0 Å². The fraction of sp³-hybridized carbons (Fsp3) is 0.488. The van der Waals surface area contributed by atoms with Gasteiger partial charge in [0.15, 0.2) is 0 Å². The van der Waals surface area contributed by atoms with Crippen molar-refractivity contribution in [3.8, 4) is 11.5 Å². The Balaban J connectivity index is 1.77. The maximum absolute atomic E-state index is 14.3. The number of aliphatic hydroxyl groups excluding tert-OH is 2. The van der Waals surface area contributed by atoms with Gasteiger partial charge in [-0.15, -0.1) is 13.2 Å². The predicted molar refractivity (Wildman–Crippen MR) is 206 cm³/mol. The summed E-state index contributed by atoms with van der Waals surface area (Å²) in [5.74, 6) is -1.13. The molecule has 10 nitrogen and oxygen atoms in total. The SMILES string of the molecule is C=CCCOC(=O)N(Cc1ccc(F)cc1)C1CC(=NOC)C2=CC(CCCCO)C(CCCCO)C3c4cc(OCC=C)ccc4OC1(OCC=C)C23. The third-order valence-electron chi connectivity index (χ3n) is 10.6. The first kappa shape index (κ1) is 40.7. The second-order valence-electron chi connectivity index (χ2n) is 14.0. The largest absolute Gasteiger partial charge is 0.490 e. The van der Waals surface area contributed by atoms with Gasteiger partial charge in [-0.05, 0) is 85.4 Å². The summed E-state index contributed by atoms with van der Waals surface area (Å²) in [6.07, 6.45) is 12.0. The number of halogens is 1. The fourth-order valence-corrected chi connectivity index (χ4v) is 8.40. The molecule has 2 aromatic rings. The van der Waals surface area contributed by atoms with E-state index in [1.54, 1.807) is 35.3 Å². The summed E-state index contributed by atoms with van der Waals surface area (Å²) in [5.41, 5.74) is 3.21. The van der Waals surface area contributed by atoms with Crippen LogP contribution >= 0.6 is 0 Å². The highest BCUT2D eigenvalue weighted by Gasteiger charge is 2.65. The molecule has 1 amide bonds. The van der Waals surface area contributed by atoms with Gasteiger partial charge in [-0.25, -0.2) is 9.18 Å². The van der Waals surface area contributed by atoms with Crippen LogP contribution in [0.5, 0.6) is 11.5 Å². The number of aliphatic hydroxyl groups is 2. The number of fused-ring (bicyclic) bond motifs is 2. The number of amides is 1. The van der Waals surface area contributed by atoms with Crippen LogP contribution in [0.15, 0.2) is 97.2 Å². The van der Waals surface area contributed by atoms with E-state index in [0.717, 1.165) is 36.8 Å². The molecule has 6 atom stereocenters. The molecule has 1 aliphatic heterocycles. The number of hydrogen-bond acceptors (Lipinski definition) is 9. The van der Waals surface area contributed by atoms with Gasteiger partial charge < -0.3 is 34.0 Å². The molecule has 2 aliphatic carbocycles. The highest BCUT2D eigenvalue weighted by Crippen LogP contribution is 2.62. The first-order valence-corrected chi connectivity index (χ1v) is 19.0. The van der Waals surface area contributed by atoms with Gasteiger partial charge in [0, 0.05) is 37.7 Å². The molecule has 2 N–H and O–H groups in total. The Morgan fingerprint density at radius 3 is 2.44 bits per heavy atom. The molecule has 292 valence electrons. The number of oxime groups is 1. The normalized spacial score (nSPS) is 24.6. The van der Waals surface area contributed by atoms with E-state index in [1.807, 2.05) is 18.2 Å². The molecule has 1 heterocycles. The third kappa shape index (κ3) is 9.08. The van der Waals surface area contributed by atoms with E-state index < -0.39 is 23.8 Å². The lowest BCUT2D eigenvalue weighted by atomic mass is 9.55. The number of rotatable bonds is 21. The molecule has 0 radical (unpaired) electrons. The van der Waals surface area contributed by atoms with E-state index in [0.29, 0.717) is 48.6 Å². The van der Waals surface area contributed by atoms with Gasteiger partial charge in [0.1, 0.15) is 37.1 Å². The van der Waals surface area contributed by atoms with E-state index >= 15 is 0 Å². The monoisotopic (exact) mass is 746 g/mol. The highest BCUT2D eigenvalue weighted by molar-refractivity contribution is 6.02. The number of allylic oxidation sites excluding steroid dienone is 1. The first-order valence-electron chi connectivity index (χ1n) is 19.0. The summed E-state index contributed by atoms with van der Waals surface area (Å²) in [5, 5.41) is 24.2. The lowest BCUT2D eigenvalue weighted by Gasteiger charge is -2.59. The number of nitrogens with zero attached hydrogens (tertiary/aromatic N) is 2. The van der Waals surface area contributed by atoms with Crippen LogP contribution in [-0.4, -0.2) is 78.9 Å². The van der Waals surface area contributed by atoms with Crippen molar-refractivity contribution in [2.75, 3.05) is 40.1 Å². The summed E-state index contributed by atoms with van der Waals surface area (Å²) in [4.78, 5) is 21.4. The van der Waals surface area contributed by atoms with Crippen molar-refractivity contribution in [2.24, 2.45) is 22.9 Å². The lowest BCUT2D eigenvalue weighted by Crippen LogP contribution is -2.70. The van der Waals surface area contributed by atoms with Gasteiger partial charge in [-0.1, -0.05) is 61.0 Å². The third-order valence-corrected chi connectivity index (χ3v) is 10.6. The van der Waals surface area contributed by atoms with Gasteiger partial charge in [-0.2, -0.15) is 0 Å². The molecule has 0 aromatic heterocycles. The van der Waals surface area contributed by atoms with E-state index in [-0.39, 0.29) is 63.0 Å². The lowest BCUT2D eigenvalue weighted by molar-refractivity contribution is -0.256. The second kappa shape index (κ2) is 19.8. The molecule has 5 rings (SSSR count). The summed E-state index contributed by atoms with van der Waals surface area (Å²) in [7, 11) is 1.51. The zero-order valence-electron chi connectivity index (χ0n) is 31.4. The Hall–Kier alpha value is -4.45. The Bertz CT molecular complexity index is 1640. The fourth-order valence-electron chi connectivity index (χ4n) is 8.40. The van der Waals surface area contributed by atoms with Gasteiger partial charge in [-0.3, -0.25) is 4.90 Å². The number of carbonyl (C=O) groups excluding carboxylic acids is 1. The van der Waals surface area contributed by atoms with Crippen molar-refractivity contribution < 1.29 is 43.2 Å². The van der Waals surface area contributed by atoms with Crippen molar-refractivity contribution in [1.82, 2.24) is 4.90 Å². The van der Waals surface area contributed by atoms with Gasteiger partial charge in [0.25, 0.3) is 0 Å². The van der Waals surface area contributed by atoms with Crippen molar-refractivity contribution >= 4 is 11.8 Å². The standard InChI is InChI=1S/C43H55FN2O8/c1-5-8-25-52-42(49)46(29-30-15-17-32(44)18-16-30)39-28-37(45-50-4)35-26-31(13-9-11-21-47)34(14-10-12-22-48)40-36-27-33(51-23-6-2)19-20-38(36)54-43(39,41(35)40)53-24-7-3/h5-7,15-20,26-27,31,34,39-41,47-48H,1-3,8-14,21-25,28-29H2,4H3. The van der Waals surface area contributed by atoms with E-state index in [2.05, 4.69) is 31.0 Å². The summed E-state index contributed by atoms with van der Waals surface area (Å²) in [6, 6.07) is 11.0. The van der Waals surface area contributed by atoms with Crippen LogP contribution in [-0.2, 0) is 20.9 Å². The highest BCUT2D eigenvalue weighted by atomic mass is 19.1. The minimum absolute atomic E-state index is 0.0561. The molecule has 1 saturated carbocycles. The molecule has 0 bridgehead atoms. The van der Waals surface area contributed by atoms with Crippen molar-refractivity contribution in [1.29, 1.82) is 0 Å². The number of hydrogen-bond donors (Lipinski definition) is 2. The number of unbranched alkanes of at least 4 members (excludes halogenated alkanes) is 2.